The van der Waals surface area contributed by atoms with Crippen molar-refractivity contribution in [3.05, 3.63) is 35.9 Å². The average Bonchev–Trinajstić information content (AvgIpc) is 2.66. The average molecular weight is 266 g/mol. The Hall–Kier alpha value is -1.56. The molecule has 2 aromatic rings. The fraction of sp³-hybridized carbons (Fsp3) is 0.333. The van der Waals surface area contributed by atoms with Gasteiger partial charge in [-0.3, -0.25) is 0 Å². The highest BCUT2D eigenvalue weighted by Crippen LogP contribution is 2.15. The molecular weight excluding hydrogens is 251 g/mol. The first-order valence-electron chi connectivity index (χ1n) is 5.65. The van der Waals surface area contributed by atoms with E-state index >= 15 is 0 Å². The lowest BCUT2D eigenvalue weighted by molar-refractivity contribution is 0.628. The van der Waals surface area contributed by atoms with Crippen LogP contribution in [0.15, 0.2) is 29.4 Å². The van der Waals surface area contributed by atoms with E-state index in [-0.39, 0.29) is 5.82 Å². The molecule has 0 saturated carbocycles. The third-order valence-electron chi connectivity index (χ3n) is 2.54. The standard InChI is InChI=1S/C12H15FN4S/c1-9-15-16-12(17(9)2)18-7-6-14-11-5-3-4-10(13)8-11/h3-5,8,14H,6-7H2,1-2H3. The SMILES string of the molecule is Cc1nnc(SCCNc2cccc(F)c2)n1C. The molecule has 1 heterocycles. The van der Waals surface area contributed by atoms with E-state index in [1.807, 2.05) is 24.6 Å². The number of hydrogen-bond donors (Lipinski definition) is 1. The lowest BCUT2D eigenvalue weighted by Gasteiger charge is -2.06. The fourth-order valence-electron chi connectivity index (χ4n) is 1.45. The molecule has 18 heavy (non-hydrogen) atoms. The Morgan fingerprint density at radius 3 is 2.89 bits per heavy atom. The normalized spacial score (nSPS) is 10.6. The van der Waals surface area contributed by atoms with Crippen LogP contribution in [0.4, 0.5) is 10.1 Å². The summed E-state index contributed by atoms with van der Waals surface area (Å²) in [5.41, 5.74) is 0.796. The van der Waals surface area contributed by atoms with Gasteiger partial charge >= 0.3 is 0 Å². The van der Waals surface area contributed by atoms with E-state index in [0.29, 0.717) is 0 Å². The Morgan fingerprint density at radius 1 is 1.39 bits per heavy atom. The first kappa shape index (κ1) is 12.9. The zero-order valence-electron chi connectivity index (χ0n) is 10.4. The minimum Gasteiger partial charge on any atom is -0.384 e. The van der Waals surface area contributed by atoms with Gasteiger partial charge in [0.2, 0.25) is 0 Å². The van der Waals surface area contributed by atoms with Gasteiger partial charge in [0.05, 0.1) is 0 Å². The van der Waals surface area contributed by atoms with E-state index in [1.165, 1.54) is 12.1 Å². The van der Waals surface area contributed by atoms with Crippen LogP contribution in [0, 0.1) is 12.7 Å². The molecule has 2 rings (SSSR count). The molecule has 0 unspecified atom stereocenters. The lowest BCUT2D eigenvalue weighted by atomic mass is 10.3. The van der Waals surface area contributed by atoms with E-state index in [0.717, 1.165) is 29.0 Å². The van der Waals surface area contributed by atoms with Crippen LogP contribution in [0.5, 0.6) is 0 Å². The van der Waals surface area contributed by atoms with Crippen molar-refractivity contribution in [1.29, 1.82) is 0 Å². The molecular formula is C12H15FN4S. The van der Waals surface area contributed by atoms with Crippen molar-refractivity contribution in [1.82, 2.24) is 14.8 Å². The smallest absolute Gasteiger partial charge is 0.191 e. The fourth-order valence-corrected chi connectivity index (χ4v) is 2.26. The summed E-state index contributed by atoms with van der Waals surface area (Å²) in [7, 11) is 1.94. The molecule has 1 aromatic heterocycles. The molecule has 0 radical (unpaired) electrons. The molecule has 1 aromatic carbocycles. The van der Waals surface area contributed by atoms with Crippen molar-refractivity contribution in [3.8, 4) is 0 Å². The highest BCUT2D eigenvalue weighted by Gasteiger charge is 2.04. The van der Waals surface area contributed by atoms with Gasteiger partial charge < -0.3 is 9.88 Å². The molecule has 0 bridgehead atoms. The number of benzene rings is 1. The van der Waals surface area contributed by atoms with E-state index in [9.17, 15) is 4.39 Å². The van der Waals surface area contributed by atoms with Gasteiger partial charge in [-0.1, -0.05) is 17.8 Å². The van der Waals surface area contributed by atoms with Gasteiger partial charge in [-0.05, 0) is 25.1 Å². The second kappa shape index (κ2) is 5.86. The second-order valence-corrected chi connectivity index (χ2v) is 4.94. The minimum absolute atomic E-state index is 0.225. The third kappa shape index (κ3) is 3.22. The Kier molecular flexibility index (Phi) is 4.19. The van der Waals surface area contributed by atoms with Crippen LogP contribution < -0.4 is 5.32 Å². The largest absolute Gasteiger partial charge is 0.384 e. The highest BCUT2D eigenvalue weighted by atomic mass is 32.2. The van der Waals surface area contributed by atoms with Gasteiger partial charge in [-0.15, -0.1) is 10.2 Å². The maximum Gasteiger partial charge on any atom is 0.191 e. The molecule has 0 aliphatic carbocycles. The monoisotopic (exact) mass is 266 g/mol. The molecule has 0 saturated heterocycles. The van der Waals surface area contributed by atoms with Crippen molar-refractivity contribution in [2.75, 3.05) is 17.6 Å². The number of hydrogen-bond acceptors (Lipinski definition) is 4. The van der Waals surface area contributed by atoms with Crippen molar-refractivity contribution >= 4 is 17.4 Å². The molecule has 0 spiro atoms. The van der Waals surface area contributed by atoms with Crippen LogP contribution in [0.3, 0.4) is 0 Å². The maximum absolute atomic E-state index is 12.9. The number of anilines is 1. The van der Waals surface area contributed by atoms with Gasteiger partial charge in [-0.2, -0.15) is 0 Å². The van der Waals surface area contributed by atoms with Crippen LogP contribution in [-0.4, -0.2) is 27.1 Å². The molecule has 0 atom stereocenters. The van der Waals surface area contributed by atoms with Crippen LogP contribution in [-0.2, 0) is 7.05 Å². The molecule has 96 valence electrons. The Morgan fingerprint density at radius 2 is 2.22 bits per heavy atom. The summed E-state index contributed by atoms with van der Waals surface area (Å²) >= 11 is 1.62. The molecule has 0 aliphatic heterocycles. The quantitative estimate of drug-likeness (QED) is 0.667. The van der Waals surface area contributed by atoms with Crippen molar-refractivity contribution in [3.63, 3.8) is 0 Å². The zero-order valence-corrected chi connectivity index (χ0v) is 11.2. The van der Waals surface area contributed by atoms with E-state index in [4.69, 9.17) is 0 Å². The summed E-state index contributed by atoms with van der Waals surface area (Å²) < 4.78 is 14.9. The minimum atomic E-state index is -0.225. The number of aryl methyl sites for hydroxylation is 1. The molecule has 0 aliphatic rings. The topological polar surface area (TPSA) is 42.7 Å². The Bertz CT molecular complexity index is 527. The Labute approximate surface area is 110 Å². The summed E-state index contributed by atoms with van der Waals surface area (Å²) in [5.74, 6) is 1.52. The van der Waals surface area contributed by atoms with E-state index < -0.39 is 0 Å². The summed E-state index contributed by atoms with van der Waals surface area (Å²) in [5, 5.41) is 12.1. The molecule has 4 nitrogen and oxygen atoms in total. The summed E-state index contributed by atoms with van der Waals surface area (Å²) in [4.78, 5) is 0. The van der Waals surface area contributed by atoms with Gasteiger partial charge in [0.15, 0.2) is 5.16 Å². The number of nitrogens with one attached hydrogen (secondary N) is 1. The second-order valence-electron chi connectivity index (χ2n) is 3.87. The van der Waals surface area contributed by atoms with Gasteiger partial charge in [-0.25, -0.2) is 4.39 Å². The number of aromatic nitrogens is 3. The third-order valence-corrected chi connectivity index (χ3v) is 3.56. The summed E-state index contributed by atoms with van der Waals surface area (Å²) in [6.07, 6.45) is 0. The first-order valence-corrected chi connectivity index (χ1v) is 6.63. The van der Waals surface area contributed by atoms with Gasteiger partial charge in [0, 0.05) is 25.0 Å². The van der Waals surface area contributed by atoms with Crippen molar-refractivity contribution in [2.24, 2.45) is 7.05 Å². The Balaban J connectivity index is 1.78. The van der Waals surface area contributed by atoms with Crippen LogP contribution >= 0.6 is 11.8 Å². The molecule has 6 heteroatoms. The summed E-state index contributed by atoms with van der Waals surface area (Å²) in [6.45, 7) is 2.67. The molecule has 1 N–H and O–H groups in total. The number of thioether (sulfide) groups is 1. The zero-order chi connectivity index (χ0) is 13.0. The van der Waals surface area contributed by atoms with E-state index in [2.05, 4.69) is 15.5 Å². The maximum atomic E-state index is 12.9. The molecule has 0 amide bonds. The predicted molar refractivity (Wildman–Crippen MR) is 71.4 cm³/mol. The van der Waals surface area contributed by atoms with Crippen LogP contribution in [0.2, 0.25) is 0 Å². The summed E-state index contributed by atoms with van der Waals surface area (Å²) in [6, 6.07) is 6.45. The van der Waals surface area contributed by atoms with Crippen LogP contribution in [0.25, 0.3) is 0 Å². The van der Waals surface area contributed by atoms with Crippen molar-refractivity contribution < 1.29 is 4.39 Å². The number of halogens is 1. The van der Waals surface area contributed by atoms with Crippen LogP contribution in [0.1, 0.15) is 5.82 Å². The number of rotatable bonds is 5. The van der Waals surface area contributed by atoms with E-state index in [1.54, 1.807) is 17.8 Å². The van der Waals surface area contributed by atoms with Gasteiger partial charge in [0.1, 0.15) is 11.6 Å². The molecule has 0 fully saturated rings. The lowest BCUT2D eigenvalue weighted by Crippen LogP contribution is -2.05. The highest BCUT2D eigenvalue weighted by molar-refractivity contribution is 7.99. The van der Waals surface area contributed by atoms with Gasteiger partial charge in [0.25, 0.3) is 0 Å². The predicted octanol–water partition coefficient (Wildman–Crippen LogP) is 2.47. The van der Waals surface area contributed by atoms with Crippen molar-refractivity contribution in [2.45, 2.75) is 12.1 Å². The number of nitrogens with zero attached hydrogens (tertiary/aromatic N) is 3. The first-order chi connectivity index (χ1) is 8.66.